The summed E-state index contributed by atoms with van der Waals surface area (Å²) in [6, 6.07) is 8.83. The topological polar surface area (TPSA) is 85.7 Å². The molecular weight excluding hydrogens is 308 g/mol. The van der Waals surface area contributed by atoms with Gasteiger partial charge in [-0.2, -0.15) is 5.26 Å². The van der Waals surface area contributed by atoms with Gasteiger partial charge in [-0.15, -0.1) is 0 Å². The van der Waals surface area contributed by atoms with Gasteiger partial charge in [0.1, 0.15) is 5.75 Å². The molecule has 7 heteroatoms. The smallest absolute Gasteiger partial charge is 0.317 e. The Morgan fingerprint density at radius 1 is 1.46 bits per heavy atom. The van der Waals surface area contributed by atoms with E-state index < -0.39 is 0 Å². The fraction of sp³-hybridized carbons (Fsp3) is 0.471. The SMILES string of the molecule is CCOc1ccc(N2C[C@@H](NC(=O)N(C)CCC#N)CC2=O)cc1. The van der Waals surface area contributed by atoms with Crippen LogP contribution in [0.1, 0.15) is 19.8 Å². The number of nitrogens with one attached hydrogen (secondary N) is 1. The molecule has 1 fully saturated rings. The highest BCUT2D eigenvalue weighted by Crippen LogP contribution is 2.24. The average molecular weight is 330 g/mol. The van der Waals surface area contributed by atoms with Crippen molar-refractivity contribution < 1.29 is 14.3 Å². The number of rotatable bonds is 6. The molecule has 1 atom stereocenters. The van der Waals surface area contributed by atoms with Gasteiger partial charge in [0.2, 0.25) is 5.91 Å². The molecule has 2 rings (SSSR count). The molecule has 1 saturated heterocycles. The van der Waals surface area contributed by atoms with Gasteiger partial charge in [0.05, 0.1) is 25.1 Å². The first-order chi connectivity index (χ1) is 11.5. The Hall–Kier alpha value is -2.75. The van der Waals surface area contributed by atoms with Gasteiger partial charge in [0.25, 0.3) is 0 Å². The number of anilines is 1. The maximum Gasteiger partial charge on any atom is 0.317 e. The first-order valence-corrected chi connectivity index (χ1v) is 7.97. The number of hydrogen-bond donors (Lipinski definition) is 1. The number of ether oxygens (including phenoxy) is 1. The number of urea groups is 1. The van der Waals surface area contributed by atoms with Crippen LogP contribution in [0.4, 0.5) is 10.5 Å². The third kappa shape index (κ3) is 4.38. The maximum absolute atomic E-state index is 12.2. The van der Waals surface area contributed by atoms with Gasteiger partial charge in [-0.05, 0) is 31.2 Å². The zero-order valence-corrected chi connectivity index (χ0v) is 14.0. The summed E-state index contributed by atoms with van der Waals surface area (Å²) in [5.41, 5.74) is 0.790. The number of amides is 3. The molecule has 3 amide bonds. The average Bonchev–Trinajstić information content (AvgIpc) is 2.94. The summed E-state index contributed by atoms with van der Waals surface area (Å²) in [7, 11) is 1.63. The molecule has 0 bridgehead atoms. The van der Waals surface area contributed by atoms with Crippen molar-refractivity contribution in [3.05, 3.63) is 24.3 Å². The lowest BCUT2D eigenvalue weighted by Crippen LogP contribution is -2.44. The summed E-state index contributed by atoms with van der Waals surface area (Å²) in [4.78, 5) is 27.4. The molecule has 0 spiro atoms. The van der Waals surface area contributed by atoms with Crippen LogP contribution in [0.5, 0.6) is 5.75 Å². The number of hydrogen-bond acceptors (Lipinski definition) is 4. The summed E-state index contributed by atoms with van der Waals surface area (Å²) >= 11 is 0. The zero-order chi connectivity index (χ0) is 17.5. The first kappa shape index (κ1) is 17.6. The standard InChI is InChI=1S/C17H22N4O3/c1-3-24-15-7-5-14(6-8-15)21-12-13(11-16(21)22)19-17(23)20(2)10-4-9-18/h5-8,13H,3-4,10-12H2,1-2H3,(H,19,23)/t13-/m0/s1. The van der Waals surface area contributed by atoms with Crippen LogP contribution in [-0.4, -0.2) is 49.6 Å². The van der Waals surface area contributed by atoms with Crippen LogP contribution in [0, 0.1) is 11.3 Å². The summed E-state index contributed by atoms with van der Waals surface area (Å²) in [6.45, 7) is 3.31. The van der Waals surface area contributed by atoms with E-state index in [1.807, 2.05) is 37.3 Å². The van der Waals surface area contributed by atoms with Gasteiger partial charge in [0, 0.05) is 32.2 Å². The Bertz CT molecular complexity index is 624. The minimum Gasteiger partial charge on any atom is -0.494 e. The molecule has 1 heterocycles. The molecule has 128 valence electrons. The molecule has 24 heavy (non-hydrogen) atoms. The van der Waals surface area contributed by atoms with E-state index in [2.05, 4.69) is 5.32 Å². The van der Waals surface area contributed by atoms with Crippen molar-refractivity contribution in [2.24, 2.45) is 0 Å². The van der Waals surface area contributed by atoms with E-state index in [1.54, 1.807) is 11.9 Å². The van der Waals surface area contributed by atoms with Gasteiger partial charge in [-0.1, -0.05) is 0 Å². The van der Waals surface area contributed by atoms with E-state index in [9.17, 15) is 9.59 Å². The Kier molecular flexibility index (Phi) is 6.01. The van der Waals surface area contributed by atoms with E-state index >= 15 is 0 Å². The van der Waals surface area contributed by atoms with Crippen molar-refractivity contribution in [3.63, 3.8) is 0 Å². The third-order valence-electron chi connectivity index (χ3n) is 3.82. The molecule has 0 unspecified atom stereocenters. The fourth-order valence-electron chi connectivity index (χ4n) is 2.55. The number of nitrogens with zero attached hydrogens (tertiary/aromatic N) is 3. The number of carbonyl (C=O) groups is 2. The van der Waals surface area contributed by atoms with Crippen molar-refractivity contribution in [1.29, 1.82) is 5.26 Å². The van der Waals surface area contributed by atoms with Gasteiger partial charge in [-0.25, -0.2) is 4.79 Å². The summed E-state index contributed by atoms with van der Waals surface area (Å²) in [5, 5.41) is 11.4. The molecule has 0 saturated carbocycles. The Balaban J connectivity index is 1.93. The quantitative estimate of drug-likeness (QED) is 0.861. The van der Waals surface area contributed by atoms with Crippen molar-refractivity contribution in [3.8, 4) is 11.8 Å². The Morgan fingerprint density at radius 2 is 2.17 bits per heavy atom. The van der Waals surface area contributed by atoms with Gasteiger partial charge in [-0.3, -0.25) is 4.79 Å². The van der Waals surface area contributed by atoms with Crippen LogP contribution in [0.2, 0.25) is 0 Å². The van der Waals surface area contributed by atoms with E-state index in [-0.39, 0.29) is 30.8 Å². The number of benzene rings is 1. The van der Waals surface area contributed by atoms with E-state index in [0.29, 0.717) is 19.7 Å². The van der Waals surface area contributed by atoms with E-state index in [4.69, 9.17) is 10.00 Å². The second kappa shape index (κ2) is 8.20. The molecule has 1 N–H and O–H groups in total. The highest BCUT2D eigenvalue weighted by molar-refractivity contribution is 5.96. The molecule has 1 aliphatic rings. The second-order valence-electron chi connectivity index (χ2n) is 5.61. The highest BCUT2D eigenvalue weighted by atomic mass is 16.5. The van der Waals surface area contributed by atoms with Crippen LogP contribution in [0.3, 0.4) is 0 Å². The van der Waals surface area contributed by atoms with Crippen LogP contribution in [0.25, 0.3) is 0 Å². The van der Waals surface area contributed by atoms with Crippen molar-refractivity contribution in [1.82, 2.24) is 10.2 Å². The normalized spacial score (nSPS) is 16.6. The summed E-state index contributed by atoms with van der Waals surface area (Å²) in [6.07, 6.45) is 0.552. The Labute approximate surface area is 141 Å². The lowest BCUT2D eigenvalue weighted by Gasteiger charge is -2.20. The summed E-state index contributed by atoms with van der Waals surface area (Å²) in [5.74, 6) is 0.737. The van der Waals surface area contributed by atoms with Gasteiger partial charge >= 0.3 is 6.03 Å². The number of carbonyl (C=O) groups excluding carboxylic acids is 2. The zero-order valence-electron chi connectivity index (χ0n) is 14.0. The third-order valence-corrected chi connectivity index (χ3v) is 3.82. The van der Waals surface area contributed by atoms with E-state index in [1.165, 1.54) is 4.90 Å². The highest BCUT2D eigenvalue weighted by Gasteiger charge is 2.32. The lowest BCUT2D eigenvalue weighted by atomic mass is 10.2. The molecule has 0 radical (unpaired) electrons. The minimum atomic E-state index is -0.267. The van der Waals surface area contributed by atoms with Crippen molar-refractivity contribution in [2.75, 3.05) is 31.6 Å². The van der Waals surface area contributed by atoms with Gasteiger partial charge < -0.3 is 19.9 Å². The van der Waals surface area contributed by atoms with Crippen LogP contribution < -0.4 is 15.0 Å². The predicted octanol–water partition coefficient (Wildman–Crippen LogP) is 1.75. The predicted molar refractivity (Wildman–Crippen MR) is 89.8 cm³/mol. The molecular formula is C17H22N4O3. The van der Waals surface area contributed by atoms with Crippen LogP contribution in [0.15, 0.2) is 24.3 Å². The number of nitriles is 1. The molecule has 0 aromatic heterocycles. The van der Waals surface area contributed by atoms with Crippen LogP contribution >= 0.6 is 0 Å². The molecule has 1 aromatic rings. The van der Waals surface area contributed by atoms with Crippen molar-refractivity contribution >= 4 is 17.6 Å². The lowest BCUT2D eigenvalue weighted by molar-refractivity contribution is -0.117. The largest absolute Gasteiger partial charge is 0.494 e. The summed E-state index contributed by atoms with van der Waals surface area (Å²) < 4.78 is 5.39. The van der Waals surface area contributed by atoms with Gasteiger partial charge in [0.15, 0.2) is 0 Å². The Morgan fingerprint density at radius 3 is 2.79 bits per heavy atom. The molecule has 1 aromatic carbocycles. The molecule has 7 nitrogen and oxygen atoms in total. The second-order valence-corrected chi connectivity index (χ2v) is 5.61. The molecule has 1 aliphatic heterocycles. The monoisotopic (exact) mass is 330 g/mol. The van der Waals surface area contributed by atoms with E-state index in [0.717, 1.165) is 11.4 Å². The van der Waals surface area contributed by atoms with Crippen molar-refractivity contribution in [2.45, 2.75) is 25.8 Å². The minimum absolute atomic E-state index is 0.0239. The first-order valence-electron chi connectivity index (χ1n) is 7.97. The fourth-order valence-corrected chi connectivity index (χ4v) is 2.55. The molecule has 0 aliphatic carbocycles. The maximum atomic E-state index is 12.2. The van der Waals surface area contributed by atoms with Crippen LogP contribution in [-0.2, 0) is 4.79 Å².